The van der Waals surface area contributed by atoms with Crippen molar-refractivity contribution in [3.8, 4) is 0 Å². The van der Waals surface area contributed by atoms with E-state index < -0.39 is 6.09 Å². The van der Waals surface area contributed by atoms with E-state index in [1.807, 2.05) is 0 Å². The molecule has 1 saturated carbocycles. The first-order valence-electron chi connectivity index (χ1n) is 5.25. The van der Waals surface area contributed by atoms with Crippen molar-refractivity contribution < 1.29 is 14.6 Å². The van der Waals surface area contributed by atoms with Crippen LogP contribution in [-0.4, -0.2) is 31.0 Å². The Balaban J connectivity index is 2.26. The molecule has 0 aromatic carbocycles. The Morgan fingerprint density at radius 1 is 1.57 bits per heavy atom. The van der Waals surface area contributed by atoms with Crippen LogP contribution in [0.3, 0.4) is 0 Å². The molecule has 82 valence electrons. The predicted octanol–water partition coefficient (Wildman–Crippen LogP) is 1.28. The lowest BCUT2D eigenvalue weighted by Gasteiger charge is -2.18. The van der Waals surface area contributed by atoms with Gasteiger partial charge in [0, 0.05) is 7.05 Å². The lowest BCUT2D eigenvalue weighted by molar-refractivity contribution is 0.0446. The molecule has 2 N–H and O–H groups in total. The van der Waals surface area contributed by atoms with E-state index in [1.165, 1.54) is 32.7 Å². The Bertz CT molecular complexity index is 178. The fourth-order valence-electron chi connectivity index (χ4n) is 1.99. The number of amides is 1. The number of carbonyl (C=O) groups excluding carboxylic acids is 1. The number of aliphatic hydroxyl groups excluding tert-OH is 1. The lowest BCUT2D eigenvalue weighted by atomic mass is 10.0. The topological polar surface area (TPSA) is 58.6 Å². The lowest BCUT2D eigenvalue weighted by Crippen LogP contribution is -2.29. The van der Waals surface area contributed by atoms with E-state index >= 15 is 0 Å². The smallest absolute Gasteiger partial charge is 0.407 e. The van der Waals surface area contributed by atoms with Gasteiger partial charge < -0.3 is 15.2 Å². The minimum atomic E-state index is -0.456. The molecule has 0 heterocycles. The average Bonchev–Trinajstić information content (AvgIpc) is 2.69. The maximum Gasteiger partial charge on any atom is 0.407 e. The van der Waals surface area contributed by atoms with Gasteiger partial charge in [0.25, 0.3) is 0 Å². The Labute approximate surface area is 84.6 Å². The molecule has 1 atom stereocenters. The van der Waals surface area contributed by atoms with Gasteiger partial charge in [-0.25, -0.2) is 4.79 Å². The number of alkyl carbamates (subject to hydrolysis) is 1. The highest BCUT2D eigenvalue weighted by molar-refractivity contribution is 5.66. The number of nitrogens with one attached hydrogen (secondary N) is 1. The molecule has 14 heavy (non-hydrogen) atoms. The largest absolute Gasteiger partial charge is 0.444 e. The number of rotatable bonds is 4. The van der Waals surface area contributed by atoms with Crippen LogP contribution in [0.25, 0.3) is 0 Å². The number of ether oxygens (including phenoxy) is 1. The summed E-state index contributed by atoms with van der Waals surface area (Å²) in [5.41, 5.74) is 0. The summed E-state index contributed by atoms with van der Waals surface area (Å²) in [4.78, 5) is 10.9. The fraction of sp³-hybridized carbons (Fsp3) is 0.900. The van der Waals surface area contributed by atoms with Crippen molar-refractivity contribution in [1.82, 2.24) is 5.32 Å². The van der Waals surface area contributed by atoms with Crippen LogP contribution in [0, 0.1) is 5.92 Å². The predicted molar refractivity (Wildman–Crippen MR) is 53.0 cm³/mol. The monoisotopic (exact) mass is 201 g/mol. The molecule has 0 spiro atoms. The molecule has 4 heteroatoms. The zero-order valence-corrected chi connectivity index (χ0v) is 8.66. The second kappa shape index (κ2) is 5.86. The van der Waals surface area contributed by atoms with Crippen LogP contribution < -0.4 is 5.32 Å². The zero-order chi connectivity index (χ0) is 10.4. The first-order valence-corrected chi connectivity index (χ1v) is 5.25. The van der Waals surface area contributed by atoms with Crippen molar-refractivity contribution >= 4 is 6.09 Å². The first-order chi connectivity index (χ1) is 6.76. The van der Waals surface area contributed by atoms with E-state index in [0.717, 1.165) is 6.42 Å². The summed E-state index contributed by atoms with van der Waals surface area (Å²) in [6.45, 7) is -0.0794. The van der Waals surface area contributed by atoms with E-state index in [4.69, 9.17) is 9.84 Å². The minimum absolute atomic E-state index is 0.0794. The van der Waals surface area contributed by atoms with Gasteiger partial charge in [-0.2, -0.15) is 0 Å². The van der Waals surface area contributed by atoms with E-state index in [9.17, 15) is 4.79 Å². The number of aliphatic hydroxyl groups is 1. The second-order valence-electron chi connectivity index (χ2n) is 3.85. The molecule has 1 fully saturated rings. The van der Waals surface area contributed by atoms with Gasteiger partial charge in [-0.15, -0.1) is 0 Å². The van der Waals surface area contributed by atoms with Crippen molar-refractivity contribution in [2.24, 2.45) is 5.92 Å². The highest BCUT2D eigenvalue weighted by Gasteiger charge is 2.21. The first kappa shape index (κ1) is 11.3. The molecule has 1 amide bonds. The number of hydrogen-bond donors (Lipinski definition) is 2. The Morgan fingerprint density at radius 2 is 2.21 bits per heavy atom. The zero-order valence-electron chi connectivity index (χ0n) is 8.66. The molecule has 1 rings (SSSR count). The molecule has 0 aliphatic heterocycles. The molecule has 0 radical (unpaired) electrons. The van der Waals surface area contributed by atoms with E-state index in [-0.39, 0.29) is 12.7 Å². The SMILES string of the molecule is CNC(=O)OC(CO)CC1CCCC1. The molecule has 1 unspecified atom stereocenters. The Morgan fingerprint density at radius 3 is 2.71 bits per heavy atom. The van der Waals surface area contributed by atoms with Crippen molar-refractivity contribution in [1.29, 1.82) is 0 Å². The van der Waals surface area contributed by atoms with Crippen molar-refractivity contribution in [2.75, 3.05) is 13.7 Å². The van der Waals surface area contributed by atoms with Crippen LogP contribution in [0.2, 0.25) is 0 Å². The summed E-state index contributed by atoms with van der Waals surface area (Å²) in [6.07, 6.45) is 4.94. The summed E-state index contributed by atoms with van der Waals surface area (Å²) in [6, 6.07) is 0. The summed E-state index contributed by atoms with van der Waals surface area (Å²) in [7, 11) is 1.52. The quantitative estimate of drug-likeness (QED) is 0.720. The Hall–Kier alpha value is -0.770. The van der Waals surface area contributed by atoms with Crippen LogP contribution in [-0.2, 0) is 4.74 Å². The molecule has 0 aromatic rings. The molecular formula is C10H19NO3. The van der Waals surface area contributed by atoms with Crippen LogP contribution in [0.15, 0.2) is 0 Å². The summed E-state index contributed by atoms with van der Waals surface area (Å²) in [5.74, 6) is 0.622. The third kappa shape index (κ3) is 3.54. The normalized spacial score (nSPS) is 19.3. The van der Waals surface area contributed by atoms with Gasteiger partial charge in [-0.3, -0.25) is 0 Å². The van der Waals surface area contributed by atoms with Crippen LogP contribution in [0.1, 0.15) is 32.1 Å². The van der Waals surface area contributed by atoms with Crippen LogP contribution in [0.4, 0.5) is 4.79 Å². The third-order valence-electron chi connectivity index (χ3n) is 2.75. The standard InChI is InChI=1S/C10H19NO3/c1-11-10(13)14-9(7-12)6-8-4-2-3-5-8/h8-9,12H,2-7H2,1H3,(H,11,13). The van der Waals surface area contributed by atoms with E-state index in [1.54, 1.807) is 0 Å². The molecule has 0 saturated heterocycles. The number of carbonyl (C=O) groups is 1. The fourth-order valence-corrected chi connectivity index (χ4v) is 1.99. The van der Waals surface area contributed by atoms with Crippen molar-refractivity contribution in [3.63, 3.8) is 0 Å². The maximum atomic E-state index is 10.9. The summed E-state index contributed by atoms with van der Waals surface area (Å²) < 4.78 is 5.01. The highest BCUT2D eigenvalue weighted by Crippen LogP contribution is 2.29. The van der Waals surface area contributed by atoms with Gasteiger partial charge in [-0.05, 0) is 12.3 Å². The van der Waals surface area contributed by atoms with E-state index in [0.29, 0.717) is 5.92 Å². The molecule has 0 bridgehead atoms. The molecule has 1 aliphatic rings. The minimum Gasteiger partial charge on any atom is -0.444 e. The van der Waals surface area contributed by atoms with Crippen molar-refractivity contribution in [2.45, 2.75) is 38.2 Å². The van der Waals surface area contributed by atoms with Gasteiger partial charge in [0.2, 0.25) is 0 Å². The van der Waals surface area contributed by atoms with Gasteiger partial charge in [0.1, 0.15) is 6.10 Å². The third-order valence-corrected chi connectivity index (χ3v) is 2.75. The van der Waals surface area contributed by atoms with Gasteiger partial charge in [0.15, 0.2) is 0 Å². The maximum absolute atomic E-state index is 10.9. The molecule has 1 aliphatic carbocycles. The van der Waals surface area contributed by atoms with Crippen molar-refractivity contribution in [3.05, 3.63) is 0 Å². The van der Waals surface area contributed by atoms with Gasteiger partial charge >= 0.3 is 6.09 Å². The molecule has 4 nitrogen and oxygen atoms in total. The van der Waals surface area contributed by atoms with Crippen LogP contribution >= 0.6 is 0 Å². The molecular weight excluding hydrogens is 182 g/mol. The van der Waals surface area contributed by atoms with Gasteiger partial charge in [0.05, 0.1) is 6.61 Å². The van der Waals surface area contributed by atoms with Crippen LogP contribution in [0.5, 0.6) is 0 Å². The molecule has 0 aromatic heterocycles. The Kier molecular flexibility index (Phi) is 4.73. The summed E-state index contributed by atoms with van der Waals surface area (Å²) in [5, 5.41) is 11.4. The second-order valence-corrected chi connectivity index (χ2v) is 3.85. The average molecular weight is 201 g/mol. The van der Waals surface area contributed by atoms with E-state index in [2.05, 4.69) is 5.32 Å². The highest BCUT2D eigenvalue weighted by atomic mass is 16.6. The summed E-state index contributed by atoms with van der Waals surface area (Å²) >= 11 is 0. The van der Waals surface area contributed by atoms with Gasteiger partial charge in [-0.1, -0.05) is 25.7 Å². The number of hydrogen-bond acceptors (Lipinski definition) is 3.